The van der Waals surface area contributed by atoms with E-state index in [0.717, 1.165) is 18.7 Å². The zero-order valence-corrected chi connectivity index (χ0v) is 16.5. The van der Waals surface area contributed by atoms with Gasteiger partial charge < -0.3 is 15.5 Å². The van der Waals surface area contributed by atoms with Crippen LogP contribution in [0.3, 0.4) is 0 Å². The molecule has 2 amide bonds. The number of hydrogen-bond donors (Lipinski definition) is 2. The van der Waals surface area contributed by atoms with Crippen LogP contribution < -0.4 is 15.5 Å². The second-order valence-corrected chi connectivity index (χ2v) is 7.33. The van der Waals surface area contributed by atoms with Crippen LogP contribution in [0.5, 0.6) is 0 Å². The van der Waals surface area contributed by atoms with E-state index < -0.39 is 0 Å². The Morgan fingerprint density at radius 2 is 1.79 bits per heavy atom. The van der Waals surface area contributed by atoms with Gasteiger partial charge in [0.05, 0.1) is 4.88 Å². The van der Waals surface area contributed by atoms with E-state index in [-0.39, 0.29) is 11.8 Å². The molecule has 0 aliphatic heterocycles. The molecular weight excluding hydrogens is 370 g/mol. The predicted molar refractivity (Wildman–Crippen MR) is 115 cm³/mol. The standard InChI is InChI=1S/C22H23N3O2S/c1-25(19-10-3-2-4-11-19)14-7-13-23-21(26)17-8-5-9-18(16-17)24-22(27)20-12-6-15-28-20/h2-6,8-12,15-16H,7,13-14H2,1H3,(H,23,26)(H,24,27). The SMILES string of the molecule is CN(CCCNC(=O)c1cccc(NC(=O)c2cccs2)c1)c1ccccc1. The molecule has 3 rings (SSSR count). The number of thiophene rings is 1. The molecule has 0 aliphatic rings. The first kappa shape index (κ1) is 19.6. The number of carbonyl (C=O) groups is 2. The highest BCUT2D eigenvalue weighted by Crippen LogP contribution is 2.15. The molecule has 6 heteroatoms. The molecule has 2 N–H and O–H groups in total. The van der Waals surface area contributed by atoms with Crippen LogP contribution in [0.4, 0.5) is 11.4 Å². The molecule has 2 aromatic carbocycles. The van der Waals surface area contributed by atoms with Crippen molar-refractivity contribution in [2.24, 2.45) is 0 Å². The molecule has 0 spiro atoms. The smallest absolute Gasteiger partial charge is 0.265 e. The zero-order chi connectivity index (χ0) is 19.8. The highest BCUT2D eigenvalue weighted by atomic mass is 32.1. The molecule has 28 heavy (non-hydrogen) atoms. The van der Waals surface area contributed by atoms with Gasteiger partial charge in [0.1, 0.15) is 0 Å². The van der Waals surface area contributed by atoms with Crippen molar-refractivity contribution in [2.45, 2.75) is 6.42 Å². The van der Waals surface area contributed by atoms with Gasteiger partial charge in [0.25, 0.3) is 11.8 Å². The van der Waals surface area contributed by atoms with E-state index in [2.05, 4.69) is 27.7 Å². The summed E-state index contributed by atoms with van der Waals surface area (Å²) in [5.41, 5.74) is 2.29. The molecule has 1 aromatic heterocycles. The van der Waals surface area contributed by atoms with E-state index in [1.807, 2.05) is 36.7 Å². The quantitative estimate of drug-likeness (QED) is 0.562. The lowest BCUT2D eigenvalue weighted by atomic mass is 10.2. The first-order chi connectivity index (χ1) is 13.6. The van der Waals surface area contributed by atoms with Gasteiger partial charge in [0.15, 0.2) is 0 Å². The summed E-state index contributed by atoms with van der Waals surface area (Å²) in [4.78, 5) is 27.3. The topological polar surface area (TPSA) is 61.4 Å². The van der Waals surface area contributed by atoms with Crippen molar-refractivity contribution in [3.63, 3.8) is 0 Å². The van der Waals surface area contributed by atoms with Gasteiger partial charge in [0, 0.05) is 37.1 Å². The Labute approximate surface area is 169 Å². The Bertz CT molecular complexity index is 911. The van der Waals surface area contributed by atoms with Gasteiger partial charge in [0.2, 0.25) is 0 Å². The average molecular weight is 394 g/mol. The van der Waals surface area contributed by atoms with Crippen LogP contribution in [-0.4, -0.2) is 32.0 Å². The third-order valence-corrected chi connectivity index (χ3v) is 5.15. The Kier molecular flexibility index (Phi) is 6.81. The summed E-state index contributed by atoms with van der Waals surface area (Å²) in [5.74, 6) is -0.314. The fourth-order valence-corrected chi connectivity index (χ4v) is 3.39. The molecule has 144 valence electrons. The fraction of sp³-hybridized carbons (Fsp3) is 0.182. The van der Waals surface area contributed by atoms with Crippen molar-refractivity contribution < 1.29 is 9.59 Å². The molecule has 0 radical (unpaired) electrons. The minimum absolute atomic E-state index is 0.144. The molecule has 3 aromatic rings. The fourth-order valence-electron chi connectivity index (χ4n) is 2.77. The van der Waals surface area contributed by atoms with E-state index in [0.29, 0.717) is 22.7 Å². The van der Waals surface area contributed by atoms with Crippen molar-refractivity contribution in [1.29, 1.82) is 0 Å². The highest BCUT2D eigenvalue weighted by molar-refractivity contribution is 7.12. The maximum absolute atomic E-state index is 12.4. The van der Waals surface area contributed by atoms with Crippen LogP contribution in [0, 0.1) is 0 Å². The molecular formula is C22H23N3O2S. The third-order valence-electron chi connectivity index (χ3n) is 4.28. The average Bonchev–Trinajstić information content (AvgIpc) is 3.27. The van der Waals surface area contributed by atoms with Crippen molar-refractivity contribution in [3.05, 3.63) is 82.6 Å². The highest BCUT2D eigenvalue weighted by Gasteiger charge is 2.10. The number of hydrogen-bond acceptors (Lipinski definition) is 4. The van der Waals surface area contributed by atoms with Crippen LogP contribution in [0.2, 0.25) is 0 Å². The predicted octanol–water partition coefficient (Wildman–Crippen LogP) is 4.26. The molecule has 0 saturated carbocycles. The zero-order valence-electron chi connectivity index (χ0n) is 15.7. The lowest BCUT2D eigenvalue weighted by Crippen LogP contribution is -2.28. The maximum Gasteiger partial charge on any atom is 0.265 e. The van der Waals surface area contributed by atoms with E-state index in [9.17, 15) is 9.59 Å². The normalized spacial score (nSPS) is 10.3. The Morgan fingerprint density at radius 3 is 2.54 bits per heavy atom. The number of amides is 2. The number of rotatable bonds is 8. The number of benzene rings is 2. The summed E-state index contributed by atoms with van der Waals surface area (Å²) < 4.78 is 0. The first-order valence-electron chi connectivity index (χ1n) is 9.13. The summed E-state index contributed by atoms with van der Waals surface area (Å²) in [6.07, 6.45) is 0.839. The van der Waals surface area contributed by atoms with Gasteiger partial charge in [-0.3, -0.25) is 9.59 Å². The molecule has 0 bridgehead atoms. The minimum Gasteiger partial charge on any atom is -0.375 e. The first-order valence-corrected chi connectivity index (χ1v) is 10.0. The lowest BCUT2D eigenvalue weighted by molar-refractivity contribution is 0.0952. The summed E-state index contributed by atoms with van der Waals surface area (Å²) >= 11 is 1.38. The van der Waals surface area contributed by atoms with Crippen molar-refractivity contribution in [3.8, 4) is 0 Å². The third kappa shape index (κ3) is 5.44. The molecule has 0 atom stereocenters. The van der Waals surface area contributed by atoms with Gasteiger partial charge in [-0.1, -0.05) is 30.3 Å². The second kappa shape index (κ2) is 9.71. The van der Waals surface area contributed by atoms with Crippen LogP contribution in [0.15, 0.2) is 72.1 Å². The van der Waals surface area contributed by atoms with E-state index in [1.165, 1.54) is 11.3 Å². The largest absolute Gasteiger partial charge is 0.375 e. The van der Waals surface area contributed by atoms with Gasteiger partial charge in [-0.25, -0.2) is 0 Å². The molecule has 1 heterocycles. The Hall–Kier alpha value is -3.12. The molecule has 0 aliphatic carbocycles. The number of nitrogens with one attached hydrogen (secondary N) is 2. The minimum atomic E-state index is -0.170. The molecule has 0 fully saturated rings. The van der Waals surface area contributed by atoms with Gasteiger partial charge in [-0.15, -0.1) is 11.3 Å². The molecule has 0 unspecified atom stereocenters. The number of anilines is 2. The van der Waals surface area contributed by atoms with Crippen molar-refractivity contribution in [2.75, 3.05) is 30.4 Å². The monoisotopic (exact) mass is 393 g/mol. The molecule has 5 nitrogen and oxygen atoms in total. The Morgan fingerprint density at radius 1 is 0.964 bits per heavy atom. The summed E-state index contributed by atoms with van der Waals surface area (Å²) in [5, 5.41) is 7.62. The number of para-hydroxylation sites is 1. The Balaban J connectivity index is 1.47. The van der Waals surface area contributed by atoms with Crippen LogP contribution in [-0.2, 0) is 0 Å². The summed E-state index contributed by atoms with van der Waals surface area (Å²) in [6, 6.07) is 20.7. The van der Waals surface area contributed by atoms with E-state index in [4.69, 9.17) is 0 Å². The maximum atomic E-state index is 12.4. The van der Waals surface area contributed by atoms with Gasteiger partial charge in [-0.2, -0.15) is 0 Å². The van der Waals surface area contributed by atoms with Gasteiger partial charge >= 0.3 is 0 Å². The van der Waals surface area contributed by atoms with Crippen LogP contribution >= 0.6 is 11.3 Å². The number of carbonyl (C=O) groups excluding carboxylic acids is 2. The second-order valence-electron chi connectivity index (χ2n) is 6.38. The lowest BCUT2D eigenvalue weighted by Gasteiger charge is -2.19. The number of nitrogens with zero attached hydrogens (tertiary/aromatic N) is 1. The molecule has 0 saturated heterocycles. The van der Waals surface area contributed by atoms with Crippen molar-refractivity contribution >= 4 is 34.5 Å². The summed E-state index contributed by atoms with van der Waals surface area (Å²) in [7, 11) is 2.04. The van der Waals surface area contributed by atoms with Crippen LogP contribution in [0.25, 0.3) is 0 Å². The van der Waals surface area contributed by atoms with Crippen LogP contribution in [0.1, 0.15) is 26.5 Å². The van der Waals surface area contributed by atoms with E-state index >= 15 is 0 Å². The summed E-state index contributed by atoms with van der Waals surface area (Å²) in [6.45, 7) is 1.43. The van der Waals surface area contributed by atoms with Gasteiger partial charge in [-0.05, 0) is 48.2 Å². The van der Waals surface area contributed by atoms with Crippen molar-refractivity contribution in [1.82, 2.24) is 5.32 Å². The van der Waals surface area contributed by atoms with E-state index in [1.54, 1.807) is 30.3 Å².